The first-order chi connectivity index (χ1) is 13.3. The van der Waals surface area contributed by atoms with Crippen LogP contribution in [0.2, 0.25) is 0 Å². The summed E-state index contributed by atoms with van der Waals surface area (Å²) in [5.74, 6) is 2.45. The number of nitrogens with zero attached hydrogens (tertiary/aromatic N) is 1. The van der Waals surface area contributed by atoms with E-state index in [4.69, 9.17) is 14.2 Å². The molecule has 0 radical (unpaired) electrons. The summed E-state index contributed by atoms with van der Waals surface area (Å²) in [5.41, 5.74) is 1.20. The highest BCUT2D eigenvalue weighted by Gasteiger charge is 2.13. The van der Waals surface area contributed by atoms with E-state index in [1.165, 1.54) is 5.56 Å². The first-order valence-corrected chi connectivity index (χ1v) is 10.1. The molecule has 6 heteroatoms. The van der Waals surface area contributed by atoms with Gasteiger partial charge in [0.15, 0.2) is 5.96 Å². The van der Waals surface area contributed by atoms with Crippen LogP contribution < -0.4 is 15.4 Å². The average molecular weight is 378 g/mol. The molecule has 0 bridgehead atoms. The molecule has 0 unspecified atom stereocenters. The summed E-state index contributed by atoms with van der Waals surface area (Å²) >= 11 is 0. The zero-order valence-corrected chi connectivity index (χ0v) is 16.8. The Hall–Kier alpha value is -1.79. The number of hydrogen-bond donors (Lipinski definition) is 2. The minimum absolute atomic E-state index is 0.663. The Morgan fingerprint density at radius 2 is 2.04 bits per heavy atom. The van der Waals surface area contributed by atoms with Crippen LogP contribution in [-0.2, 0) is 15.9 Å². The second-order valence-electron chi connectivity index (χ2n) is 6.73. The minimum Gasteiger partial charge on any atom is -0.496 e. The molecule has 2 rings (SSSR count). The lowest BCUT2D eigenvalue weighted by Gasteiger charge is -2.21. The van der Waals surface area contributed by atoms with Gasteiger partial charge < -0.3 is 24.8 Å². The maximum atomic E-state index is 5.80. The van der Waals surface area contributed by atoms with Gasteiger partial charge >= 0.3 is 0 Å². The van der Waals surface area contributed by atoms with Crippen LogP contribution in [0, 0.1) is 5.92 Å². The SMILES string of the molecule is CCNC(=NCCCOCC1CCOCC1)NCCc1ccccc1OC. The van der Waals surface area contributed by atoms with Gasteiger partial charge in [-0.25, -0.2) is 0 Å². The molecule has 1 aliphatic rings. The maximum absolute atomic E-state index is 5.80. The van der Waals surface area contributed by atoms with Crippen molar-refractivity contribution in [3.05, 3.63) is 29.8 Å². The highest BCUT2D eigenvalue weighted by atomic mass is 16.5. The number of aliphatic imine (C=N–C) groups is 1. The van der Waals surface area contributed by atoms with Gasteiger partial charge in [-0.1, -0.05) is 18.2 Å². The minimum atomic E-state index is 0.663. The molecule has 0 saturated carbocycles. The molecule has 6 nitrogen and oxygen atoms in total. The molecule has 0 spiro atoms. The van der Waals surface area contributed by atoms with Crippen LogP contribution in [0.5, 0.6) is 5.75 Å². The number of nitrogens with one attached hydrogen (secondary N) is 2. The van der Waals surface area contributed by atoms with Crippen molar-refractivity contribution in [3.8, 4) is 5.75 Å². The number of para-hydroxylation sites is 1. The van der Waals surface area contributed by atoms with E-state index in [1.54, 1.807) is 7.11 Å². The van der Waals surface area contributed by atoms with Crippen molar-refractivity contribution < 1.29 is 14.2 Å². The molecular weight excluding hydrogens is 342 g/mol. The van der Waals surface area contributed by atoms with Crippen molar-refractivity contribution in [2.45, 2.75) is 32.6 Å². The van der Waals surface area contributed by atoms with Gasteiger partial charge in [0.25, 0.3) is 0 Å². The third kappa shape index (κ3) is 8.63. The molecule has 1 heterocycles. The van der Waals surface area contributed by atoms with Gasteiger partial charge in [-0.3, -0.25) is 4.99 Å². The number of hydrogen-bond acceptors (Lipinski definition) is 4. The van der Waals surface area contributed by atoms with E-state index in [0.29, 0.717) is 5.92 Å². The second-order valence-corrected chi connectivity index (χ2v) is 6.73. The number of methoxy groups -OCH3 is 1. The quantitative estimate of drug-likeness (QED) is 0.353. The van der Waals surface area contributed by atoms with Gasteiger partial charge in [0, 0.05) is 46.1 Å². The summed E-state index contributed by atoms with van der Waals surface area (Å²) in [5, 5.41) is 6.68. The average Bonchev–Trinajstić information content (AvgIpc) is 2.71. The van der Waals surface area contributed by atoms with Gasteiger partial charge in [0.2, 0.25) is 0 Å². The largest absolute Gasteiger partial charge is 0.496 e. The van der Waals surface area contributed by atoms with E-state index in [1.807, 2.05) is 18.2 Å². The summed E-state index contributed by atoms with van der Waals surface area (Å²) in [4.78, 5) is 4.63. The standard InChI is InChI=1S/C21H35N3O3/c1-3-22-21(24-13-9-19-7-4-5-8-20(19)25-2)23-12-6-14-27-17-18-10-15-26-16-11-18/h4-5,7-8,18H,3,6,9-17H2,1-2H3,(H2,22,23,24). The molecule has 0 amide bonds. The highest BCUT2D eigenvalue weighted by Crippen LogP contribution is 2.17. The predicted octanol–water partition coefficient (Wildman–Crippen LogP) is 2.63. The molecule has 0 aromatic heterocycles. The molecule has 27 heavy (non-hydrogen) atoms. The van der Waals surface area contributed by atoms with Crippen molar-refractivity contribution in [2.24, 2.45) is 10.9 Å². The Morgan fingerprint density at radius 1 is 1.22 bits per heavy atom. The van der Waals surface area contributed by atoms with Crippen LogP contribution >= 0.6 is 0 Å². The van der Waals surface area contributed by atoms with Crippen molar-refractivity contribution >= 4 is 5.96 Å². The van der Waals surface area contributed by atoms with E-state index in [0.717, 1.165) is 83.5 Å². The van der Waals surface area contributed by atoms with Crippen LogP contribution in [-0.4, -0.2) is 59.1 Å². The second kappa shape index (κ2) is 13.4. The lowest BCUT2D eigenvalue weighted by atomic mass is 10.0. The molecule has 1 saturated heterocycles. The summed E-state index contributed by atoms with van der Waals surface area (Å²) in [6, 6.07) is 8.12. The lowest BCUT2D eigenvalue weighted by molar-refractivity contribution is 0.0205. The first-order valence-electron chi connectivity index (χ1n) is 10.1. The third-order valence-corrected chi connectivity index (χ3v) is 4.63. The van der Waals surface area contributed by atoms with Gasteiger partial charge in [0.05, 0.1) is 7.11 Å². The Kier molecular flexibility index (Phi) is 10.7. The zero-order chi connectivity index (χ0) is 19.2. The van der Waals surface area contributed by atoms with Gasteiger partial charge in [-0.2, -0.15) is 0 Å². The number of ether oxygens (including phenoxy) is 3. The number of guanidine groups is 1. The lowest BCUT2D eigenvalue weighted by Crippen LogP contribution is -2.38. The molecular formula is C21H35N3O3. The van der Waals surface area contributed by atoms with Crippen molar-refractivity contribution in [2.75, 3.05) is 53.2 Å². The Bertz CT molecular complexity index is 545. The predicted molar refractivity (Wildman–Crippen MR) is 110 cm³/mol. The van der Waals surface area contributed by atoms with Crippen LogP contribution in [0.25, 0.3) is 0 Å². The van der Waals surface area contributed by atoms with E-state index in [2.05, 4.69) is 28.6 Å². The molecule has 0 atom stereocenters. The fourth-order valence-electron chi connectivity index (χ4n) is 3.09. The Morgan fingerprint density at radius 3 is 2.81 bits per heavy atom. The zero-order valence-electron chi connectivity index (χ0n) is 16.8. The monoisotopic (exact) mass is 377 g/mol. The van der Waals surface area contributed by atoms with E-state index in [-0.39, 0.29) is 0 Å². The molecule has 152 valence electrons. The Labute approximate surface area is 163 Å². The maximum Gasteiger partial charge on any atom is 0.191 e. The molecule has 1 fully saturated rings. The summed E-state index contributed by atoms with van der Waals surface area (Å²) in [6.45, 7) is 7.88. The van der Waals surface area contributed by atoms with E-state index < -0.39 is 0 Å². The summed E-state index contributed by atoms with van der Waals surface area (Å²) in [7, 11) is 1.71. The normalized spacial score (nSPS) is 15.6. The van der Waals surface area contributed by atoms with Gasteiger partial charge in [-0.15, -0.1) is 0 Å². The fraction of sp³-hybridized carbons (Fsp3) is 0.667. The number of benzene rings is 1. The van der Waals surface area contributed by atoms with E-state index >= 15 is 0 Å². The summed E-state index contributed by atoms with van der Waals surface area (Å²) in [6.07, 6.45) is 4.08. The number of rotatable bonds is 11. The van der Waals surface area contributed by atoms with Crippen LogP contribution in [0.4, 0.5) is 0 Å². The van der Waals surface area contributed by atoms with Crippen LogP contribution in [0.3, 0.4) is 0 Å². The van der Waals surface area contributed by atoms with Crippen LogP contribution in [0.15, 0.2) is 29.3 Å². The summed E-state index contributed by atoms with van der Waals surface area (Å²) < 4.78 is 16.6. The van der Waals surface area contributed by atoms with Gasteiger partial charge in [-0.05, 0) is 50.2 Å². The Balaban J connectivity index is 1.62. The van der Waals surface area contributed by atoms with Crippen molar-refractivity contribution in [1.29, 1.82) is 0 Å². The van der Waals surface area contributed by atoms with Gasteiger partial charge in [0.1, 0.15) is 5.75 Å². The van der Waals surface area contributed by atoms with Crippen molar-refractivity contribution in [1.82, 2.24) is 10.6 Å². The fourth-order valence-corrected chi connectivity index (χ4v) is 3.09. The topological polar surface area (TPSA) is 64.1 Å². The smallest absolute Gasteiger partial charge is 0.191 e. The van der Waals surface area contributed by atoms with E-state index in [9.17, 15) is 0 Å². The molecule has 1 aliphatic heterocycles. The molecule has 0 aliphatic carbocycles. The highest BCUT2D eigenvalue weighted by molar-refractivity contribution is 5.79. The molecule has 2 N–H and O–H groups in total. The molecule has 1 aromatic carbocycles. The first kappa shape index (κ1) is 21.5. The third-order valence-electron chi connectivity index (χ3n) is 4.63. The van der Waals surface area contributed by atoms with Crippen LogP contribution in [0.1, 0.15) is 31.7 Å². The van der Waals surface area contributed by atoms with Crippen molar-refractivity contribution in [3.63, 3.8) is 0 Å². The molecule has 1 aromatic rings.